The van der Waals surface area contributed by atoms with Crippen molar-refractivity contribution >= 4 is 0 Å². The van der Waals surface area contributed by atoms with Crippen LogP contribution in [0.15, 0.2) is 0 Å². The highest BCUT2D eigenvalue weighted by Gasteiger charge is 2.56. The summed E-state index contributed by atoms with van der Waals surface area (Å²) in [6.45, 7) is 0.294. The molecule has 0 radical (unpaired) electrons. The van der Waals surface area contributed by atoms with E-state index in [1.54, 1.807) is 0 Å². The molecular formula is C11H18O2. The molecule has 4 bridgehead atoms. The van der Waals surface area contributed by atoms with Crippen LogP contribution in [0.25, 0.3) is 0 Å². The van der Waals surface area contributed by atoms with Gasteiger partial charge in [-0.2, -0.15) is 0 Å². The Morgan fingerprint density at radius 1 is 1.08 bits per heavy atom. The summed E-state index contributed by atoms with van der Waals surface area (Å²) >= 11 is 0. The number of rotatable bonds is 1. The zero-order valence-electron chi connectivity index (χ0n) is 8.00. The van der Waals surface area contributed by atoms with Crippen molar-refractivity contribution in [2.45, 2.75) is 44.1 Å². The third-order valence-corrected chi connectivity index (χ3v) is 4.49. The fraction of sp³-hybridized carbons (Fsp3) is 1.00. The van der Waals surface area contributed by atoms with E-state index >= 15 is 0 Å². The molecule has 0 amide bonds. The van der Waals surface area contributed by atoms with E-state index in [2.05, 4.69) is 0 Å². The van der Waals surface area contributed by atoms with E-state index in [9.17, 15) is 10.2 Å². The van der Waals surface area contributed by atoms with E-state index in [4.69, 9.17) is 0 Å². The monoisotopic (exact) mass is 182 g/mol. The molecule has 2 heteroatoms. The topological polar surface area (TPSA) is 40.5 Å². The highest BCUT2D eigenvalue weighted by molar-refractivity contribution is 5.07. The summed E-state index contributed by atoms with van der Waals surface area (Å²) in [5.74, 6) is 1.41. The van der Waals surface area contributed by atoms with E-state index in [0.717, 1.165) is 19.3 Å². The summed E-state index contributed by atoms with van der Waals surface area (Å²) in [6, 6.07) is 0. The van der Waals surface area contributed by atoms with Crippen LogP contribution in [-0.2, 0) is 0 Å². The zero-order valence-corrected chi connectivity index (χ0v) is 8.00. The van der Waals surface area contributed by atoms with Gasteiger partial charge in [-0.25, -0.2) is 0 Å². The number of aliphatic hydroxyl groups excluding tert-OH is 1. The largest absolute Gasteiger partial charge is 0.396 e. The lowest BCUT2D eigenvalue weighted by atomic mass is 9.48. The molecule has 4 fully saturated rings. The van der Waals surface area contributed by atoms with Gasteiger partial charge in [0.15, 0.2) is 0 Å². The van der Waals surface area contributed by atoms with Crippen molar-refractivity contribution in [3.05, 3.63) is 0 Å². The second-order valence-electron chi connectivity index (χ2n) is 5.84. The van der Waals surface area contributed by atoms with E-state index in [1.807, 2.05) is 0 Å². The molecule has 4 saturated carbocycles. The summed E-state index contributed by atoms with van der Waals surface area (Å²) in [4.78, 5) is 0. The molecule has 0 aromatic heterocycles. The molecule has 74 valence electrons. The van der Waals surface area contributed by atoms with E-state index < -0.39 is 5.60 Å². The van der Waals surface area contributed by atoms with Crippen LogP contribution in [0.1, 0.15) is 38.5 Å². The second kappa shape index (κ2) is 2.29. The molecule has 4 rings (SSSR count). The second-order valence-corrected chi connectivity index (χ2v) is 5.84. The summed E-state index contributed by atoms with van der Waals surface area (Å²) in [7, 11) is 0. The van der Waals surface area contributed by atoms with Gasteiger partial charge < -0.3 is 10.2 Å². The van der Waals surface area contributed by atoms with Gasteiger partial charge in [0, 0.05) is 6.61 Å². The quantitative estimate of drug-likeness (QED) is 0.642. The van der Waals surface area contributed by atoms with E-state index in [0.29, 0.717) is 18.4 Å². The van der Waals surface area contributed by atoms with Crippen LogP contribution in [0, 0.1) is 17.3 Å². The highest BCUT2D eigenvalue weighted by Crippen LogP contribution is 2.61. The van der Waals surface area contributed by atoms with Gasteiger partial charge in [0.2, 0.25) is 0 Å². The molecule has 0 spiro atoms. The lowest BCUT2D eigenvalue weighted by molar-refractivity contribution is -0.174. The van der Waals surface area contributed by atoms with E-state index in [1.165, 1.54) is 19.3 Å². The predicted octanol–water partition coefficient (Wildman–Crippen LogP) is 1.31. The number of hydrogen-bond donors (Lipinski definition) is 2. The Balaban J connectivity index is 1.95. The molecule has 0 unspecified atom stereocenters. The van der Waals surface area contributed by atoms with Gasteiger partial charge in [-0.1, -0.05) is 0 Å². The smallest absolute Gasteiger partial charge is 0.0659 e. The Kier molecular flexibility index (Phi) is 1.45. The first-order valence-electron chi connectivity index (χ1n) is 5.46. The van der Waals surface area contributed by atoms with Gasteiger partial charge in [0.25, 0.3) is 0 Å². The van der Waals surface area contributed by atoms with Crippen LogP contribution in [0.2, 0.25) is 0 Å². The molecule has 0 aromatic rings. The Bertz CT molecular complexity index is 222. The maximum Gasteiger partial charge on any atom is 0.0659 e. The fourth-order valence-electron chi connectivity index (χ4n) is 4.59. The van der Waals surface area contributed by atoms with Crippen molar-refractivity contribution in [1.29, 1.82) is 0 Å². The summed E-state index contributed by atoms with van der Waals surface area (Å²) < 4.78 is 0. The van der Waals surface area contributed by atoms with Crippen molar-refractivity contribution in [2.24, 2.45) is 17.3 Å². The lowest BCUT2D eigenvalue weighted by Gasteiger charge is -2.59. The molecule has 0 heterocycles. The van der Waals surface area contributed by atoms with Gasteiger partial charge in [-0.15, -0.1) is 0 Å². The fourth-order valence-corrected chi connectivity index (χ4v) is 4.59. The average molecular weight is 182 g/mol. The Hall–Kier alpha value is -0.0800. The molecule has 2 nitrogen and oxygen atoms in total. The molecule has 4 aliphatic rings. The average Bonchev–Trinajstić information content (AvgIpc) is 1.99. The minimum atomic E-state index is -0.396. The van der Waals surface area contributed by atoms with Crippen LogP contribution >= 0.6 is 0 Å². The molecule has 4 aliphatic carbocycles. The third kappa shape index (κ3) is 1.08. The van der Waals surface area contributed by atoms with Crippen molar-refractivity contribution < 1.29 is 10.2 Å². The molecule has 0 saturated heterocycles. The van der Waals surface area contributed by atoms with Crippen LogP contribution in [0.5, 0.6) is 0 Å². The Morgan fingerprint density at radius 2 is 1.69 bits per heavy atom. The first kappa shape index (κ1) is 8.25. The maximum absolute atomic E-state index is 10.3. The first-order valence-corrected chi connectivity index (χ1v) is 5.46. The van der Waals surface area contributed by atoms with Crippen molar-refractivity contribution in [2.75, 3.05) is 6.61 Å². The minimum Gasteiger partial charge on any atom is -0.396 e. The Labute approximate surface area is 79.0 Å². The van der Waals surface area contributed by atoms with Crippen LogP contribution in [0.3, 0.4) is 0 Å². The standard InChI is InChI=1S/C11H18O2/c12-7-10-2-8-1-9(3-10)5-11(13,4-8)6-10/h8-9,12-13H,1-7H2/t8-,9+,10-,11+. The molecule has 0 aliphatic heterocycles. The number of aliphatic hydroxyl groups is 2. The van der Waals surface area contributed by atoms with Crippen molar-refractivity contribution in [3.63, 3.8) is 0 Å². The summed E-state index contributed by atoms with van der Waals surface area (Å²) in [6.07, 6.45) is 6.52. The normalized spacial score (nSPS) is 58.6. The summed E-state index contributed by atoms with van der Waals surface area (Å²) in [5, 5.41) is 19.7. The maximum atomic E-state index is 10.3. The van der Waals surface area contributed by atoms with Crippen LogP contribution < -0.4 is 0 Å². The highest BCUT2D eigenvalue weighted by atomic mass is 16.3. The van der Waals surface area contributed by atoms with Crippen LogP contribution in [0.4, 0.5) is 0 Å². The van der Waals surface area contributed by atoms with Crippen molar-refractivity contribution in [1.82, 2.24) is 0 Å². The SMILES string of the molecule is OC[C@]12C[C@@H]3C[C@@H](C[C@](O)(C3)C1)C2. The predicted molar refractivity (Wildman–Crippen MR) is 49.2 cm³/mol. The van der Waals surface area contributed by atoms with Gasteiger partial charge in [0.1, 0.15) is 0 Å². The molecular weight excluding hydrogens is 164 g/mol. The Morgan fingerprint density at radius 3 is 2.15 bits per heavy atom. The van der Waals surface area contributed by atoms with Gasteiger partial charge in [-0.05, 0) is 55.8 Å². The van der Waals surface area contributed by atoms with Crippen LogP contribution in [-0.4, -0.2) is 22.4 Å². The molecule has 4 atom stereocenters. The molecule has 2 N–H and O–H groups in total. The summed E-state index contributed by atoms with van der Waals surface area (Å²) in [5.41, 5.74) is -0.286. The minimum absolute atomic E-state index is 0.110. The van der Waals surface area contributed by atoms with Gasteiger partial charge >= 0.3 is 0 Å². The molecule has 0 aromatic carbocycles. The van der Waals surface area contributed by atoms with E-state index in [-0.39, 0.29) is 5.41 Å². The van der Waals surface area contributed by atoms with Crippen molar-refractivity contribution in [3.8, 4) is 0 Å². The van der Waals surface area contributed by atoms with Gasteiger partial charge in [0.05, 0.1) is 5.60 Å². The first-order chi connectivity index (χ1) is 6.13. The lowest BCUT2D eigenvalue weighted by Crippen LogP contribution is -2.56. The zero-order chi connectivity index (χ0) is 9.10. The molecule has 13 heavy (non-hydrogen) atoms. The third-order valence-electron chi connectivity index (χ3n) is 4.49. The van der Waals surface area contributed by atoms with Gasteiger partial charge in [-0.3, -0.25) is 0 Å². The number of hydrogen-bond acceptors (Lipinski definition) is 2.